The monoisotopic (exact) mass is 451 g/mol. The van der Waals surface area contributed by atoms with Crippen LogP contribution in [0.1, 0.15) is 70.9 Å². The SMILES string of the molecule is O=C(O)C1=CCC(n2cc(C(=O)c3c(Cl)cccc3C(F)(F)F)c3c2CCCC3)CC1. The molecule has 4 rings (SSSR count). The van der Waals surface area contributed by atoms with Gasteiger partial charge in [0.1, 0.15) is 0 Å². The van der Waals surface area contributed by atoms with Crippen LogP contribution in [0.2, 0.25) is 5.02 Å². The molecule has 0 spiro atoms. The Hall–Kier alpha value is -2.54. The maximum Gasteiger partial charge on any atom is 0.417 e. The lowest BCUT2D eigenvalue weighted by Crippen LogP contribution is -2.17. The van der Waals surface area contributed by atoms with Crippen LogP contribution in [0, 0.1) is 0 Å². The van der Waals surface area contributed by atoms with Crippen LogP contribution in [0.4, 0.5) is 13.2 Å². The van der Waals surface area contributed by atoms with Gasteiger partial charge in [-0.3, -0.25) is 4.79 Å². The third-order valence-electron chi connectivity index (χ3n) is 6.19. The molecule has 0 saturated carbocycles. The number of rotatable bonds is 4. The van der Waals surface area contributed by atoms with Gasteiger partial charge in [0.2, 0.25) is 0 Å². The number of ketones is 1. The molecule has 0 bridgehead atoms. The van der Waals surface area contributed by atoms with E-state index in [2.05, 4.69) is 0 Å². The van der Waals surface area contributed by atoms with E-state index in [9.17, 15) is 27.9 Å². The maximum absolute atomic E-state index is 13.6. The van der Waals surface area contributed by atoms with Crippen LogP contribution in [0.3, 0.4) is 0 Å². The molecule has 1 unspecified atom stereocenters. The van der Waals surface area contributed by atoms with Gasteiger partial charge in [-0.1, -0.05) is 23.7 Å². The molecule has 1 N–H and O–H groups in total. The minimum absolute atomic E-state index is 0.0233. The summed E-state index contributed by atoms with van der Waals surface area (Å²) < 4.78 is 42.7. The van der Waals surface area contributed by atoms with Crippen LogP contribution in [-0.4, -0.2) is 21.4 Å². The smallest absolute Gasteiger partial charge is 0.417 e. The fourth-order valence-electron chi connectivity index (χ4n) is 4.67. The van der Waals surface area contributed by atoms with Crippen molar-refractivity contribution in [3.8, 4) is 0 Å². The summed E-state index contributed by atoms with van der Waals surface area (Å²) in [6, 6.07) is 3.34. The van der Waals surface area contributed by atoms with Crippen molar-refractivity contribution in [3.05, 3.63) is 69.0 Å². The minimum Gasteiger partial charge on any atom is -0.478 e. The molecule has 164 valence electrons. The first-order valence-electron chi connectivity index (χ1n) is 10.2. The molecule has 0 fully saturated rings. The molecule has 0 aliphatic heterocycles. The second-order valence-electron chi connectivity index (χ2n) is 8.03. The molecule has 31 heavy (non-hydrogen) atoms. The highest BCUT2D eigenvalue weighted by Gasteiger charge is 2.38. The number of alkyl halides is 3. The average Bonchev–Trinajstić information content (AvgIpc) is 3.12. The first kappa shape index (κ1) is 21.7. The van der Waals surface area contributed by atoms with E-state index in [-0.39, 0.29) is 16.6 Å². The van der Waals surface area contributed by atoms with Gasteiger partial charge >= 0.3 is 12.1 Å². The molecule has 1 aromatic carbocycles. The van der Waals surface area contributed by atoms with Gasteiger partial charge in [-0.25, -0.2) is 4.79 Å². The normalized spacial score (nSPS) is 19.0. The number of carbonyl (C=O) groups excluding carboxylic acids is 1. The molecule has 8 heteroatoms. The lowest BCUT2D eigenvalue weighted by atomic mass is 9.90. The number of benzene rings is 1. The number of halogens is 4. The summed E-state index contributed by atoms with van der Waals surface area (Å²) in [6.07, 6.45) is 3.35. The van der Waals surface area contributed by atoms with Gasteiger partial charge in [-0.05, 0) is 62.6 Å². The Morgan fingerprint density at radius 2 is 1.87 bits per heavy atom. The summed E-state index contributed by atoms with van der Waals surface area (Å²) in [4.78, 5) is 24.6. The summed E-state index contributed by atoms with van der Waals surface area (Å²) in [5.74, 6) is -1.64. The van der Waals surface area contributed by atoms with Crippen LogP contribution >= 0.6 is 11.6 Å². The Kier molecular flexibility index (Phi) is 5.73. The summed E-state index contributed by atoms with van der Waals surface area (Å²) in [7, 11) is 0. The van der Waals surface area contributed by atoms with Gasteiger partial charge in [0, 0.05) is 29.1 Å². The van der Waals surface area contributed by atoms with E-state index in [4.69, 9.17) is 11.6 Å². The highest BCUT2D eigenvalue weighted by Crippen LogP contribution is 2.39. The van der Waals surface area contributed by atoms with Crippen LogP contribution in [-0.2, 0) is 23.8 Å². The number of fused-ring (bicyclic) bond motifs is 1. The molecule has 2 aliphatic carbocycles. The quantitative estimate of drug-likeness (QED) is 0.579. The predicted octanol–water partition coefficient (Wildman–Crippen LogP) is 6.01. The Morgan fingerprint density at radius 1 is 1.13 bits per heavy atom. The summed E-state index contributed by atoms with van der Waals surface area (Å²) in [5.41, 5.74) is 0.846. The van der Waals surface area contributed by atoms with Crippen molar-refractivity contribution in [2.45, 2.75) is 57.2 Å². The van der Waals surface area contributed by atoms with Crippen molar-refractivity contribution < 1.29 is 27.9 Å². The first-order chi connectivity index (χ1) is 14.7. The zero-order valence-electron chi connectivity index (χ0n) is 16.6. The van der Waals surface area contributed by atoms with Crippen molar-refractivity contribution in [3.63, 3.8) is 0 Å². The third-order valence-corrected chi connectivity index (χ3v) is 6.50. The topological polar surface area (TPSA) is 59.3 Å². The van der Waals surface area contributed by atoms with Crippen molar-refractivity contribution >= 4 is 23.4 Å². The van der Waals surface area contributed by atoms with Crippen molar-refractivity contribution in [2.24, 2.45) is 0 Å². The van der Waals surface area contributed by atoms with E-state index >= 15 is 0 Å². The number of hydrogen-bond donors (Lipinski definition) is 1. The number of allylic oxidation sites excluding steroid dienone is 1. The van der Waals surface area contributed by atoms with Crippen LogP contribution in [0.5, 0.6) is 0 Å². The second kappa shape index (κ2) is 8.19. The zero-order chi connectivity index (χ0) is 22.3. The molecule has 1 aromatic heterocycles. The molecule has 4 nitrogen and oxygen atoms in total. The Bertz CT molecular complexity index is 1080. The van der Waals surface area contributed by atoms with Crippen LogP contribution in [0.25, 0.3) is 0 Å². The molecule has 0 saturated heterocycles. The number of hydrogen-bond acceptors (Lipinski definition) is 2. The Labute approximate surface area is 182 Å². The minimum atomic E-state index is -4.69. The Balaban J connectivity index is 1.78. The van der Waals surface area contributed by atoms with Crippen molar-refractivity contribution in [1.29, 1.82) is 0 Å². The van der Waals surface area contributed by atoms with E-state index in [1.165, 1.54) is 12.1 Å². The lowest BCUT2D eigenvalue weighted by Gasteiger charge is -2.26. The number of carboxylic acids is 1. The third kappa shape index (κ3) is 4.03. The van der Waals surface area contributed by atoms with E-state index < -0.39 is 29.1 Å². The van der Waals surface area contributed by atoms with E-state index in [0.717, 1.165) is 36.6 Å². The van der Waals surface area contributed by atoms with Gasteiger partial charge < -0.3 is 9.67 Å². The average molecular weight is 452 g/mol. The van der Waals surface area contributed by atoms with Crippen LogP contribution < -0.4 is 0 Å². The van der Waals surface area contributed by atoms with E-state index in [1.54, 1.807) is 12.3 Å². The van der Waals surface area contributed by atoms with Crippen molar-refractivity contribution in [1.82, 2.24) is 4.57 Å². The Morgan fingerprint density at radius 3 is 2.52 bits per heavy atom. The highest BCUT2D eigenvalue weighted by molar-refractivity contribution is 6.35. The van der Waals surface area contributed by atoms with E-state index in [0.29, 0.717) is 31.3 Å². The van der Waals surface area contributed by atoms with Crippen molar-refractivity contribution in [2.75, 3.05) is 0 Å². The molecule has 1 heterocycles. The molecule has 1 atom stereocenters. The largest absolute Gasteiger partial charge is 0.478 e. The van der Waals surface area contributed by atoms with E-state index in [1.807, 2.05) is 4.57 Å². The van der Waals surface area contributed by atoms with Gasteiger partial charge in [-0.2, -0.15) is 13.2 Å². The molecule has 2 aromatic rings. The molecular weight excluding hydrogens is 431 g/mol. The molecular formula is C23H21ClF3NO3. The number of aromatic nitrogens is 1. The number of nitrogens with zero attached hydrogens (tertiary/aromatic N) is 1. The van der Waals surface area contributed by atoms with Gasteiger partial charge in [0.05, 0.1) is 16.1 Å². The second-order valence-corrected chi connectivity index (χ2v) is 8.44. The van der Waals surface area contributed by atoms with Gasteiger partial charge in [0.15, 0.2) is 5.78 Å². The number of carboxylic acid groups (broad SMARTS) is 1. The predicted molar refractivity (Wildman–Crippen MR) is 110 cm³/mol. The lowest BCUT2D eigenvalue weighted by molar-refractivity contribution is -0.138. The number of carbonyl (C=O) groups is 2. The molecule has 0 radical (unpaired) electrons. The summed E-state index contributed by atoms with van der Waals surface area (Å²) >= 11 is 6.07. The summed E-state index contributed by atoms with van der Waals surface area (Å²) in [5, 5.41) is 8.96. The molecule has 2 aliphatic rings. The zero-order valence-corrected chi connectivity index (χ0v) is 17.4. The van der Waals surface area contributed by atoms with Crippen LogP contribution in [0.15, 0.2) is 36.0 Å². The fourth-order valence-corrected chi connectivity index (χ4v) is 4.93. The standard InChI is InChI=1S/C23H21ClF3NO3/c24-18-6-3-5-17(23(25,26)27)20(18)21(29)16-12-28(19-7-2-1-4-15(16)19)14-10-8-13(9-11-14)22(30)31/h3,5-6,8,12,14H,1-2,4,7,9-11H2,(H,30,31). The van der Waals surface area contributed by atoms with Gasteiger partial charge in [0.25, 0.3) is 0 Å². The maximum atomic E-state index is 13.6. The number of aliphatic carboxylic acids is 1. The first-order valence-corrected chi connectivity index (χ1v) is 10.6. The molecule has 0 amide bonds. The summed E-state index contributed by atoms with van der Waals surface area (Å²) in [6.45, 7) is 0. The highest BCUT2D eigenvalue weighted by atomic mass is 35.5. The fraction of sp³-hybridized carbons (Fsp3) is 0.391. The van der Waals surface area contributed by atoms with Gasteiger partial charge in [-0.15, -0.1) is 0 Å².